The molecule has 0 unspecified atom stereocenters. The van der Waals surface area contributed by atoms with Gasteiger partial charge in [0.15, 0.2) is 0 Å². The van der Waals surface area contributed by atoms with Crippen LogP contribution in [-0.2, 0) is 11.3 Å². The molecular weight excluding hydrogens is 296 g/mol. The number of aryl methyl sites for hydroxylation is 2. The molecule has 7 nitrogen and oxygen atoms in total. The molecule has 1 heterocycles. The van der Waals surface area contributed by atoms with E-state index in [9.17, 15) is 14.9 Å². The molecule has 2 rings (SSSR count). The Balaban J connectivity index is 1.75. The predicted molar refractivity (Wildman–Crippen MR) is 86.7 cm³/mol. The highest BCUT2D eigenvalue weighted by Gasteiger charge is 2.04. The molecular formula is C16H18N4O3. The lowest BCUT2D eigenvalue weighted by Crippen LogP contribution is -2.23. The first-order valence-electron chi connectivity index (χ1n) is 7.24. The van der Waals surface area contributed by atoms with Gasteiger partial charge in [-0.25, -0.2) is 0 Å². The SMILES string of the molecule is Cc1cnn(CCCNC(=O)/C=C/c2cccc([N+](=O)[O-])c2)c1. The number of carbonyl (C=O) groups excluding carboxylic acids is 1. The number of nitro benzene ring substituents is 1. The second-order valence-electron chi connectivity index (χ2n) is 5.11. The molecule has 7 heteroatoms. The maximum atomic E-state index is 11.7. The van der Waals surface area contributed by atoms with Gasteiger partial charge >= 0.3 is 0 Å². The van der Waals surface area contributed by atoms with Gasteiger partial charge in [0.1, 0.15) is 0 Å². The van der Waals surface area contributed by atoms with Crippen LogP contribution in [0.5, 0.6) is 0 Å². The monoisotopic (exact) mass is 314 g/mol. The minimum absolute atomic E-state index is 0.00192. The predicted octanol–water partition coefficient (Wildman–Crippen LogP) is 2.32. The molecule has 0 aliphatic heterocycles. The van der Waals surface area contributed by atoms with Crippen molar-refractivity contribution in [1.29, 1.82) is 0 Å². The van der Waals surface area contributed by atoms with Gasteiger partial charge in [0, 0.05) is 37.5 Å². The summed E-state index contributed by atoms with van der Waals surface area (Å²) in [5.41, 5.74) is 1.72. The first-order valence-corrected chi connectivity index (χ1v) is 7.24. The van der Waals surface area contributed by atoms with Gasteiger partial charge in [-0.1, -0.05) is 12.1 Å². The molecule has 1 aromatic carbocycles. The maximum absolute atomic E-state index is 11.7. The minimum atomic E-state index is -0.464. The van der Waals surface area contributed by atoms with E-state index in [1.165, 1.54) is 18.2 Å². The number of hydrogen-bond donors (Lipinski definition) is 1. The van der Waals surface area contributed by atoms with Gasteiger partial charge in [-0.2, -0.15) is 5.10 Å². The van der Waals surface area contributed by atoms with Gasteiger partial charge in [-0.05, 0) is 30.5 Å². The van der Waals surface area contributed by atoms with Gasteiger partial charge in [-0.15, -0.1) is 0 Å². The van der Waals surface area contributed by atoms with Crippen LogP contribution in [0.3, 0.4) is 0 Å². The Kier molecular flexibility index (Phi) is 5.62. The highest BCUT2D eigenvalue weighted by molar-refractivity contribution is 5.91. The van der Waals surface area contributed by atoms with Crippen LogP contribution in [0.2, 0.25) is 0 Å². The summed E-state index contributed by atoms with van der Waals surface area (Å²) in [7, 11) is 0. The van der Waals surface area contributed by atoms with Crippen LogP contribution in [0.1, 0.15) is 17.5 Å². The fourth-order valence-electron chi connectivity index (χ4n) is 2.01. The summed E-state index contributed by atoms with van der Waals surface area (Å²) in [4.78, 5) is 21.9. The van der Waals surface area contributed by atoms with Gasteiger partial charge < -0.3 is 5.32 Å². The topological polar surface area (TPSA) is 90.1 Å². The lowest BCUT2D eigenvalue weighted by Gasteiger charge is -2.03. The van der Waals surface area contributed by atoms with Crippen molar-refractivity contribution in [3.05, 3.63) is 64.0 Å². The highest BCUT2D eigenvalue weighted by Crippen LogP contribution is 2.13. The summed E-state index contributed by atoms with van der Waals surface area (Å²) in [5.74, 6) is -0.229. The van der Waals surface area contributed by atoms with Gasteiger partial charge in [0.25, 0.3) is 5.69 Å². The number of carbonyl (C=O) groups is 1. The first-order chi connectivity index (χ1) is 11.0. The zero-order valence-electron chi connectivity index (χ0n) is 12.8. The molecule has 1 aromatic heterocycles. The summed E-state index contributed by atoms with van der Waals surface area (Å²) in [6, 6.07) is 6.12. The molecule has 0 aliphatic carbocycles. The third kappa shape index (κ3) is 5.39. The van der Waals surface area contributed by atoms with E-state index >= 15 is 0 Å². The fraction of sp³-hybridized carbons (Fsp3) is 0.250. The number of aromatic nitrogens is 2. The van der Waals surface area contributed by atoms with E-state index < -0.39 is 4.92 Å². The third-order valence-corrected chi connectivity index (χ3v) is 3.13. The van der Waals surface area contributed by atoms with Crippen molar-refractivity contribution in [2.24, 2.45) is 0 Å². The van der Waals surface area contributed by atoms with Crippen LogP contribution in [0.25, 0.3) is 6.08 Å². The summed E-state index contributed by atoms with van der Waals surface area (Å²) in [6.45, 7) is 3.25. The highest BCUT2D eigenvalue weighted by atomic mass is 16.6. The van der Waals surface area contributed by atoms with Crippen LogP contribution in [0.15, 0.2) is 42.7 Å². The van der Waals surface area contributed by atoms with Crippen LogP contribution in [-0.4, -0.2) is 27.2 Å². The normalized spacial score (nSPS) is 10.8. The van der Waals surface area contributed by atoms with E-state index in [0.29, 0.717) is 12.1 Å². The molecule has 0 atom stereocenters. The maximum Gasteiger partial charge on any atom is 0.270 e. The van der Waals surface area contributed by atoms with E-state index in [1.807, 2.05) is 17.8 Å². The smallest absolute Gasteiger partial charge is 0.270 e. The molecule has 120 valence electrons. The molecule has 0 bridgehead atoms. The van der Waals surface area contributed by atoms with E-state index in [4.69, 9.17) is 0 Å². The number of nitrogens with one attached hydrogen (secondary N) is 1. The van der Waals surface area contributed by atoms with E-state index in [0.717, 1.165) is 18.5 Å². The number of hydrogen-bond acceptors (Lipinski definition) is 4. The molecule has 0 spiro atoms. The standard InChI is InChI=1S/C16H18N4O3/c1-13-11-18-19(12-13)9-3-8-17-16(21)7-6-14-4-2-5-15(10-14)20(22)23/h2,4-7,10-12H,3,8-9H2,1H3,(H,17,21)/b7-6+. The summed E-state index contributed by atoms with van der Waals surface area (Å²) in [5, 5.41) is 17.6. The zero-order chi connectivity index (χ0) is 16.7. The van der Waals surface area contributed by atoms with Crippen LogP contribution in [0.4, 0.5) is 5.69 Å². The van der Waals surface area contributed by atoms with Gasteiger partial charge in [-0.3, -0.25) is 19.6 Å². The van der Waals surface area contributed by atoms with E-state index in [1.54, 1.807) is 24.4 Å². The Morgan fingerprint density at radius 1 is 1.48 bits per heavy atom. The third-order valence-electron chi connectivity index (χ3n) is 3.13. The Bertz CT molecular complexity index is 722. The van der Waals surface area contributed by atoms with Gasteiger partial charge in [0.2, 0.25) is 5.91 Å². The Labute approximate surface area is 133 Å². The molecule has 0 aliphatic rings. The molecule has 1 amide bonds. The molecule has 2 aromatic rings. The summed E-state index contributed by atoms with van der Waals surface area (Å²) >= 11 is 0. The molecule has 0 saturated heterocycles. The molecule has 23 heavy (non-hydrogen) atoms. The van der Waals surface area contributed by atoms with Crippen LogP contribution < -0.4 is 5.32 Å². The van der Waals surface area contributed by atoms with Gasteiger partial charge in [0.05, 0.1) is 11.1 Å². The van der Waals surface area contributed by atoms with Crippen LogP contribution >= 0.6 is 0 Å². The first kappa shape index (κ1) is 16.4. The summed E-state index contributed by atoms with van der Waals surface area (Å²) < 4.78 is 1.83. The molecule has 0 saturated carbocycles. The Hall–Kier alpha value is -2.96. The second-order valence-corrected chi connectivity index (χ2v) is 5.11. The number of rotatable bonds is 7. The van der Waals surface area contributed by atoms with Crippen molar-refractivity contribution in [1.82, 2.24) is 15.1 Å². The Morgan fingerprint density at radius 3 is 3.00 bits per heavy atom. The fourth-order valence-corrected chi connectivity index (χ4v) is 2.01. The van der Waals surface area contributed by atoms with Crippen molar-refractivity contribution in [2.45, 2.75) is 19.9 Å². The largest absolute Gasteiger partial charge is 0.352 e. The van der Waals surface area contributed by atoms with E-state index in [2.05, 4.69) is 10.4 Å². The van der Waals surface area contributed by atoms with Crippen molar-refractivity contribution < 1.29 is 9.72 Å². The lowest BCUT2D eigenvalue weighted by atomic mass is 10.2. The van der Waals surface area contributed by atoms with Crippen LogP contribution in [0, 0.1) is 17.0 Å². The van der Waals surface area contributed by atoms with Crippen molar-refractivity contribution >= 4 is 17.7 Å². The number of nitrogens with zero attached hydrogens (tertiary/aromatic N) is 3. The minimum Gasteiger partial charge on any atom is -0.352 e. The number of nitro groups is 1. The zero-order valence-corrected chi connectivity index (χ0v) is 12.8. The average molecular weight is 314 g/mol. The molecule has 0 radical (unpaired) electrons. The number of amides is 1. The quantitative estimate of drug-likeness (QED) is 0.367. The second kappa shape index (κ2) is 7.88. The number of benzene rings is 1. The average Bonchev–Trinajstić information content (AvgIpc) is 2.95. The van der Waals surface area contributed by atoms with Crippen molar-refractivity contribution in [3.8, 4) is 0 Å². The van der Waals surface area contributed by atoms with E-state index in [-0.39, 0.29) is 11.6 Å². The van der Waals surface area contributed by atoms with Crippen molar-refractivity contribution in [2.75, 3.05) is 6.54 Å². The number of non-ortho nitro benzene ring substituents is 1. The lowest BCUT2D eigenvalue weighted by molar-refractivity contribution is -0.384. The molecule has 1 N–H and O–H groups in total. The summed E-state index contributed by atoms with van der Waals surface area (Å²) in [6.07, 6.45) is 7.44. The Morgan fingerprint density at radius 2 is 2.30 bits per heavy atom. The molecule has 0 fully saturated rings. The van der Waals surface area contributed by atoms with Crippen molar-refractivity contribution in [3.63, 3.8) is 0 Å².